The fraction of sp³-hybridized carbons (Fsp3) is 0.300. The largest absolute Gasteiger partial charge is 0.349 e. The summed E-state index contributed by atoms with van der Waals surface area (Å²) in [6.07, 6.45) is 1.25. The molecule has 1 atom stereocenters. The Labute approximate surface area is 156 Å². The minimum atomic E-state index is 0.0255. The lowest BCUT2D eigenvalue weighted by Gasteiger charge is -2.21. The minimum Gasteiger partial charge on any atom is -0.349 e. The van der Waals surface area contributed by atoms with Gasteiger partial charge in [0.05, 0.1) is 23.0 Å². The molecule has 0 radical (unpaired) electrons. The Kier molecular flexibility index (Phi) is 6.00. The van der Waals surface area contributed by atoms with E-state index in [4.69, 9.17) is 0 Å². The number of carbonyl (C=O) groups is 1. The average Bonchev–Trinajstić information content (AvgIpc) is 3.26. The lowest BCUT2D eigenvalue weighted by molar-refractivity contribution is -0.121. The summed E-state index contributed by atoms with van der Waals surface area (Å²) in [7, 11) is 0. The second-order valence-corrected chi connectivity index (χ2v) is 8.26. The van der Waals surface area contributed by atoms with Crippen molar-refractivity contribution >= 4 is 28.6 Å². The molecule has 130 valence electrons. The molecule has 0 unspecified atom stereocenters. The van der Waals surface area contributed by atoms with E-state index in [1.165, 1.54) is 0 Å². The SMILES string of the molecule is CC(C)C[C@@H](NC(=O)Cc1csc(-c2cccs2)n1)c1ccccc1. The van der Waals surface area contributed by atoms with E-state index in [9.17, 15) is 4.79 Å². The van der Waals surface area contributed by atoms with E-state index in [0.29, 0.717) is 12.3 Å². The monoisotopic (exact) mass is 370 g/mol. The molecule has 1 aromatic carbocycles. The Morgan fingerprint density at radius 2 is 1.92 bits per heavy atom. The summed E-state index contributed by atoms with van der Waals surface area (Å²) in [5.74, 6) is 0.535. The van der Waals surface area contributed by atoms with Crippen molar-refractivity contribution in [3.63, 3.8) is 0 Å². The molecule has 25 heavy (non-hydrogen) atoms. The lowest BCUT2D eigenvalue weighted by atomic mass is 9.97. The molecule has 3 aromatic rings. The molecule has 2 heterocycles. The number of nitrogens with one attached hydrogen (secondary N) is 1. The van der Waals surface area contributed by atoms with Gasteiger partial charge in [-0.3, -0.25) is 4.79 Å². The zero-order valence-corrected chi connectivity index (χ0v) is 16.1. The van der Waals surface area contributed by atoms with Crippen LogP contribution in [-0.4, -0.2) is 10.9 Å². The van der Waals surface area contributed by atoms with Gasteiger partial charge in [-0.1, -0.05) is 50.2 Å². The second-order valence-electron chi connectivity index (χ2n) is 6.46. The standard InChI is InChI=1S/C20H22N2OS2/c1-14(2)11-17(15-7-4-3-5-8-15)22-19(23)12-16-13-25-20(21-16)18-9-6-10-24-18/h3-10,13-14,17H,11-12H2,1-2H3,(H,22,23)/t17-/m1/s1. The smallest absolute Gasteiger partial charge is 0.226 e. The number of thiazole rings is 1. The van der Waals surface area contributed by atoms with Crippen molar-refractivity contribution in [1.82, 2.24) is 10.3 Å². The maximum Gasteiger partial charge on any atom is 0.226 e. The fourth-order valence-electron chi connectivity index (χ4n) is 2.75. The normalized spacial score (nSPS) is 12.3. The molecule has 0 saturated carbocycles. The van der Waals surface area contributed by atoms with E-state index < -0.39 is 0 Å². The molecule has 5 heteroatoms. The fourth-order valence-corrected chi connectivity index (χ4v) is 4.38. The first-order chi connectivity index (χ1) is 12.1. The summed E-state index contributed by atoms with van der Waals surface area (Å²) in [6, 6.07) is 14.3. The zero-order chi connectivity index (χ0) is 17.6. The minimum absolute atomic E-state index is 0.0255. The van der Waals surface area contributed by atoms with Crippen LogP contribution in [0.4, 0.5) is 0 Å². The van der Waals surface area contributed by atoms with Gasteiger partial charge in [0.25, 0.3) is 0 Å². The quantitative estimate of drug-likeness (QED) is 0.612. The molecule has 3 nitrogen and oxygen atoms in total. The van der Waals surface area contributed by atoms with Gasteiger partial charge in [0.1, 0.15) is 5.01 Å². The van der Waals surface area contributed by atoms with Crippen LogP contribution in [0.1, 0.15) is 37.6 Å². The summed E-state index contributed by atoms with van der Waals surface area (Å²) >= 11 is 3.26. The van der Waals surface area contributed by atoms with Gasteiger partial charge < -0.3 is 5.32 Å². The first-order valence-corrected chi connectivity index (χ1v) is 10.2. The van der Waals surface area contributed by atoms with Gasteiger partial charge in [-0.05, 0) is 29.3 Å². The van der Waals surface area contributed by atoms with Crippen molar-refractivity contribution in [1.29, 1.82) is 0 Å². The van der Waals surface area contributed by atoms with Crippen LogP contribution in [0.25, 0.3) is 9.88 Å². The van der Waals surface area contributed by atoms with Gasteiger partial charge in [0.15, 0.2) is 0 Å². The van der Waals surface area contributed by atoms with Crippen LogP contribution in [0, 0.1) is 5.92 Å². The predicted molar refractivity (Wildman–Crippen MR) is 106 cm³/mol. The first kappa shape index (κ1) is 17.8. The molecular weight excluding hydrogens is 348 g/mol. The summed E-state index contributed by atoms with van der Waals surface area (Å²) in [4.78, 5) is 18.3. The van der Waals surface area contributed by atoms with Crippen LogP contribution in [0.5, 0.6) is 0 Å². The van der Waals surface area contributed by atoms with Gasteiger partial charge in [-0.2, -0.15) is 0 Å². The molecular formula is C20H22N2OS2. The number of amides is 1. The summed E-state index contributed by atoms with van der Waals surface area (Å²) < 4.78 is 0. The maximum atomic E-state index is 12.5. The number of hydrogen-bond donors (Lipinski definition) is 1. The van der Waals surface area contributed by atoms with E-state index in [0.717, 1.165) is 27.6 Å². The summed E-state index contributed by atoms with van der Waals surface area (Å²) in [6.45, 7) is 4.35. The molecule has 2 aromatic heterocycles. The molecule has 0 aliphatic heterocycles. The highest BCUT2D eigenvalue weighted by atomic mass is 32.1. The van der Waals surface area contributed by atoms with Crippen molar-refractivity contribution in [3.8, 4) is 9.88 Å². The van der Waals surface area contributed by atoms with Gasteiger partial charge in [-0.15, -0.1) is 22.7 Å². The Bertz CT molecular complexity index is 794. The Balaban J connectivity index is 1.65. The van der Waals surface area contributed by atoms with E-state index >= 15 is 0 Å². The second kappa shape index (κ2) is 8.41. The van der Waals surface area contributed by atoms with E-state index in [2.05, 4.69) is 42.3 Å². The lowest BCUT2D eigenvalue weighted by Crippen LogP contribution is -2.30. The Morgan fingerprint density at radius 3 is 2.60 bits per heavy atom. The van der Waals surface area contributed by atoms with Crippen molar-refractivity contribution in [2.45, 2.75) is 32.7 Å². The first-order valence-electron chi connectivity index (χ1n) is 8.44. The average molecular weight is 371 g/mol. The Morgan fingerprint density at radius 1 is 1.12 bits per heavy atom. The third kappa shape index (κ3) is 5.00. The number of benzene rings is 1. The summed E-state index contributed by atoms with van der Waals surface area (Å²) in [5, 5.41) is 8.19. The Hall–Kier alpha value is -1.98. The van der Waals surface area contributed by atoms with Crippen molar-refractivity contribution in [2.75, 3.05) is 0 Å². The van der Waals surface area contributed by atoms with Crippen molar-refractivity contribution in [2.24, 2.45) is 5.92 Å². The van der Waals surface area contributed by atoms with Crippen LogP contribution in [0.15, 0.2) is 53.2 Å². The van der Waals surface area contributed by atoms with Crippen LogP contribution in [0.2, 0.25) is 0 Å². The summed E-state index contributed by atoms with van der Waals surface area (Å²) in [5.41, 5.74) is 1.99. The molecule has 0 fully saturated rings. The number of rotatable bonds is 7. The molecule has 0 bridgehead atoms. The van der Waals surface area contributed by atoms with Crippen LogP contribution >= 0.6 is 22.7 Å². The molecule has 3 rings (SSSR count). The van der Waals surface area contributed by atoms with Gasteiger partial charge in [0.2, 0.25) is 5.91 Å². The van der Waals surface area contributed by atoms with Crippen LogP contribution in [-0.2, 0) is 11.2 Å². The molecule has 0 aliphatic carbocycles. The van der Waals surface area contributed by atoms with Crippen LogP contribution < -0.4 is 5.32 Å². The zero-order valence-electron chi connectivity index (χ0n) is 14.4. The van der Waals surface area contributed by atoms with E-state index in [1.807, 2.05) is 35.0 Å². The number of hydrogen-bond acceptors (Lipinski definition) is 4. The number of aromatic nitrogens is 1. The van der Waals surface area contributed by atoms with Gasteiger partial charge in [-0.25, -0.2) is 4.98 Å². The third-order valence-corrected chi connectivity index (χ3v) is 5.80. The highest BCUT2D eigenvalue weighted by molar-refractivity contribution is 7.20. The van der Waals surface area contributed by atoms with E-state index in [-0.39, 0.29) is 11.9 Å². The molecule has 1 N–H and O–H groups in total. The van der Waals surface area contributed by atoms with Gasteiger partial charge in [0, 0.05) is 5.38 Å². The highest BCUT2D eigenvalue weighted by Gasteiger charge is 2.17. The topological polar surface area (TPSA) is 42.0 Å². The third-order valence-electron chi connectivity index (χ3n) is 3.87. The number of carbonyl (C=O) groups excluding carboxylic acids is 1. The molecule has 0 spiro atoms. The predicted octanol–water partition coefficient (Wildman–Crippen LogP) is 5.32. The highest BCUT2D eigenvalue weighted by Crippen LogP contribution is 2.28. The number of thiophene rings is 1. The van der Waals surface area contributed by atoms with Crippen molar-refractivity contribution < 1.29 is 4.79 Å². The van der Waals surface area contributed by atoms with E-state index in [1.54, 1.807) is 22.7 Å². The molecule has 1 amide bonds. The van der Waals surface area contributed by atoms with Crippen molar-refractivity contribution in [3.05, 3.63) is 64.5 Å². The van der Waals surface area contributed by atoms with Gasteiger partial charge >= 0.3 is 0 Å². The molecule has 0 saturated heterocycles. The molecule has 0 aliphatic rings. The maximum absolute atomic E-state index is 12.5. The number of nitrogens with zero attached hydrogens (tertiary/aromatic N) is 1. The van der Waals surface area contributed by atoms with Crippen LogP contribution in [0.3, 0.4) is 0 Å².